The highest BCUT2D eigenvalue weighted by Crippen LogP contribution is 2.18. The van der Waals surface area contributed by atoms with Gasteiger partial charge in [-0.05, 0) is 19.9 Å². The maximum Gasteiger partial charge on any atom is 0.251 e. The number of sulfone groups is 1. The van der Waals surface area contributed by atoms with Gasteiger partial charge in [0.25, 0.3) is 5.91 Å². The van der Waals surface area contributed by atoms with Crippen LogP contribution in [-0.4, -0.2) is 50.1 Å². The number of hydrogen-bond donors (Lipinski definition) is 1. The Morgan fingerprint density at radius 3 is 2.62 bits per heavy atom. The summed E-state index contributed by atoms with van der Waals surface area (Å²) in [5.74, 6) is -0.485. The van der Waals surface area contributed by atoms with Gasteiger partial charge in [-0.2, -0.15) is 5.10 Å². The molecule has 1 aliphatic heterocycles. The molecule has 1 aliphatic rings. The molecule has 1 unspecified atom stereocenters. The second-order valence-electron chi connectivity index (χ2n) is 3.96. The quantitative estimate of drug-likeness (QED) is 0.689. The molecule has 0 radical (unpaired) electrons. The average Bonchev–Trinajstić information content (AvgIpc) is 2.42. The number of amides is 1. The first kappa shape index (κ1) is 13.1. The van der Waals surface area contributed by atoms with Crippen molar-refractivity contribution in [3.63, 3.8) is 0 Å². The Kier molecular flexibility index (Phi) is 4.03. The van der Waals surface area contributed by atoms with Crippen molar-refractivity contribution in [2.45, 2.75) is 13.3 Å². The summed E-state index contributed by atoms with van der Waals surface area (Å²) in [6, 6.07) is 0. The van der Waals surface area contributed by atoms with Crippen molar-refractivity contribution in [2.75, 3.05) is 25.1 Å². The molecule has 2 N–H and O–H groups in total. The summed E-state index contributed by atoms with van der Waals surface area (Å²) in [5, 5.41) is 5.29. The van der Waals surface area contributed by atoms with E-state index in [9.17, 15) is 13.2 Å². The number of hydrogen-bond acceptors (Lipinski definition) is 5. The number of carbonyl (C=O) groups is 1. The molecule has 0 aromatic carbocycles. The SMILES string of the molecule is CC1=NN(CCS(C)(=O)=O)C(=O)C1CCN. The molecule has 92 valence electrons. The molecule has 1 rings (SSSR count). The molecule has 0 aliphatic carbocycles. The van der Waals surface area contributed by atoms with Crippen LogP contribution in [0, 0.1) is 5.92 Å². The lowest BCUT2D eigenvalue weighted by atomic mass is 10.0. The van der Waals surface area contributed by atoms with Crippen molar-refractivity contribution >= 4 is 21.5 Å². The topological polar surface area (TPSA) is 92.8 Å². The van der Waals surface area contributed by atoms with Crippen LogP contribution in [0.25, 0.3) is 0 Å². The lowest BCUT2D eigenvalue weighted by molar-refractivity contribution is -0.131. The maximum atomic E-state index is 11.8. The Hall–Kier alpha value is -0.950. The average molecular weight is 247 g/mol. The fourth-order valence-electron chi connectivity index (χ4n) is 1.58. The van der Waals surface area contributed by atoms with E-state index in [1.54, 1.807) is 6.92 Å². The van der Waals surface area contributed by atoms with Gasteiger partial charge in [0.05, 0.1) is 18.2 Å². The minimum atomic E-state index is -3.07. The van der Waals surface area contributed by atoms with Crippen LogP contribution in [0.1, 0.15) is 13.3 Å². The van der Waals surface area contributed by atoms with Crippen LogP contribution in [0.5, 0.6) is 0 Å². The minimum absolute atomic E-state index is 0.0646. The summed E-state index contributed by atoms with van der Waals surface area (Å²) < 4.78 is 22.0. The number of nitrogens with zero attached hydrogens (tertiary/aromatic N) is 2. The van der Waals surface area contributed by atoms with E-state index in [2.05, 4.69) is 5.10 Å². The van der Waals surface area contributed by atoms with Gasteiger partial charge in [-0.25, -0.2) is 13.4 Å². The van der Waals surface area contributed by atoms with E-state index in [0.717, 1.165) is 6.26 Å². The number of nitrogens with two attached hydrogens (primary N) is 1. The predicted molar refractivity (Wildman–Crippen MR) is 61.7 cm³/mol. The minimum Gasteiger partial charge on any atom is -0.330 e. The van der Waals surface area contributed by atoms with Crippen molar-refractivity contribution < 1.29 is 13.2 Å². The smallest absolute Gasteiger partial charge is 0.251 e. The van der Waals surface area contributed by atoms with E-state index in [1.165, 1.54) is 5.01 Å². The summed E-state index contributed by atoms with van der Waals surface area (Å²) in [4.78, 5) is 11.8. The third-order valence-electron chi connectivity index (χ3n) is 2.46. The first-order valence-corrected chi connectivity index (χ1v) is 7.15. The van der Waals surface area contributed by atoms with Crippen molar-refractivity contribution in [1.29, 1.82) is 0 Å². The Bertz CT molecular complexity index is 402. The maximum absolute atomic E-state index is 11.8. The Morgan fingerprint density at radius 2 is 2.12 bits per heavy atom. The summed E-state index contributed by atoms with van der Waals surface area (Å²) in [7, 11) is -3.07. The zero-order chi connectivity index (χ0) is 12.3. The molecule has 0 saturated carbocycles. The number of rotatable bonds is 5. The fourth-order valence-corrected chi connectivity index (χ4v) is 2.08. The summed E-state index contributed by atoms with van der Waals surface area (Å²) in [6.07, 6.45) is 1.70. The first-order chi connectivity index (χ1) is 7.35. The van der Waals surface area contributed by atoms with E-state index in [-0.39, 0.29) is 24.1 Å². The van der Waals surface area contributed by atoms with E-state index < -0.39 is 9.84 Å². The zero-order valence-electron chi connectivity index (χ0n) is 9.51. The highest BCUT2D eigenvalue weighted by molar-refractivity contribution is 7.90. The molecule has 16 heavy (non-hydrogen) atoms. The molecular formula is C9H17N3O3S. The van der Waals surface area contributed by atoms with E-state index in [1.807, 2.05) is 0 Å². The van der Waals surface area contributed by atoms with Crippen LogP contribution in [-0.2, 0) is 14.6 Å². The molecule has 0 aromatic heterocycles. The van der Waals surface area contributed by atoms with Crippen LogP contribution in [0.15, 0.2) is 5.10 Å². The van der Waals surface area contributed by atoms with Gasteiger partial charge in [0.15, 0.2) is 0 Å². The van der Waals surface area contributed by atoms with Crippen LogP contribution >= 0.6 is 0 Å². The third kappa shape index (κ3) is 3.28. The number of hydrazone groups is 1. The van der Waals surface area contributed by atoms with Crippen molar-refractivity contribution in [2.24, 2.45) is 16.8 Å². The van der Waals surface area contributed by atoms with E-state index in [0.29, 0.717) is 18.7 Å². The van der Waals surface area contributed by atoms with Gasteiger partial charge in [-0.1, -0.05) is 0 Å². The number of carbonyl (C=O) groups excluding carboxylic acids is 1. The van der Waals surface area contributed by atoms with Crippen molar-refractivity contribution in [1.82, 2.24) is 5.01 Å². The van der Waals surface area contributed by atoms with Crippen LogP contribution in [0.3, 0.4) is 0 Å². The second-order valence-corrected chi connectivity index (χ2v) is 6.22. The van der Waals surface area contributed by atoms with Gasteiger partial charge in [0.1, 0.15) is 9.84 Å². The molecule has 0 aromatic rings. The van der Waals surface area contributed by atoms with E-state index in [4.69, 9.17) is 5.73 Å². The molecular weight excluding hydrogens is 230 g/mol. The third-order valence-corrected chi connectivity index (χ3v) is 3.39. The standard InChI is InChI=1S/C9H17N3O3S/c1-7-8(3-4-10)9(13)12(11-7)5-6-16(2,14)15/h8H,3-6,10H2,1-2H3. The molecule has 0 saturated heterocycles. The van der Waals surface area contributed by atoms with E-state index >= 15 is 0 Å². The van der Waals surface area contributed by atoms with Crippen molar-refractivity contribution in [3.05, 3.63) is 0 Å². The predicted octanol–water partition coefficient (Wildman–Crippen LogP) is -0.786. The lowest BCUT2D eigenvalue weighted by Gasteiger charge is -2.13. The Morgan fingerprint density at radius 1 is 1.50 bits per heavy atom. The van der Waals surface area contributed by atoms with Crippen molar-refractivity contribution in [3.8, 4) is 0 Å². The highest BCUT2D eigenvalue weighted by Gasteiger charge is 2.32. The monoisotopic (exact) mass is 247 g/mol. The molecule has 0 fully saturated rings. The normalized spacial score (nSPS) is 21.4. The van der Waals surface area contributed by atoms with Gasteiger partial charge in [-0.3, -0.25) is 4.79 Å². The van der Waals surface area contributed by atoms with Crippen LogP contribution in [0.2, 0.25) is 0 Å². The molecule has 1 heterocycles. The Balaban J connectivity index is 2.62. The molecule has 1 amide bonds. The van der Waals surface area contributed by atoms with Gasteiger partial charge in [0, 0.05) is 12.0 Å². The summed E-state index contributed by atoms with van der Waals surface area (Å²) >= 11 is 0. The molecule has 0 bridgehead atoms. The zero-order valence-corrected chi connectivity index (χ0v) is 10.3. The summed E-state index contributed by atoms with van der Waals surface area (Å²) in [6.45, 7) is 2.30. The first-order valence-electron chi connectivity index (χ1n) is 5.09. The fraction of sp³-hybridized carbons (Fsp3) is 0.778. The Labute approximate surface area is 95.4 Å². The van der Waals surface area contributed by atoms with Gasteiger partial charge in [-0.15, -0.1) is 0 Å². The van der Waals surface area contributed by atoms with Gasteiger partial charge >= 0.3 is 0 Å². The second kappa shape index (κ2) is 4.92. The van der Waals surface area contributed by atoms with Gasteiger partial charge < -0.3 is 5.73 Å². The molecule has 1 atom stereocenters. The molecule has 0 spiro atoms. The highest BCUT2D eigenvalue weighted by atomic mass is 32.2. The largest absolute Gasteiger partial charge is 0.330 e. The van der Waals surface area contributed by atoms with Gasteiger partial charge in [0.2, 0.25) is 0 Å². The molecule has 6 nitrogen and oxygen atoms in total. The van der Waals surface area contributed by atoms with Crippen LogP contribution in [0.4, 0.5) is 0 Å². The van der Waals surface area contributed by atoms with Crippen LogP contribution < -0.4 is 5.73 Å². The summed E-state index contributed by atoms with van der Waals surface area (Å²) in [5.41, 5.74) is 6.11. The lowest BCUT2D eigenvalue weighted by Crippen LogP contribution is -2.32. The molecule has 7 heteroatoms.